The van der Waals surface area contributed by atoms with Crippen LogP contribution in [0.3, 0.4) is 0 Å². The smallest absolute Gasteiger partial charge is 0.339 e. The van der Waals surface area contributed by atoms with E-state index in [0.717, 1.165) is 0 Å². The Hall–Kier alpha value is -2.89. The van der Waals surface area contributed by atoms with Crippen LogP contribution < -0.4 is 10.1 Å². The number of hydrogen-bond donors (Lipinski definition) is 1. The van der Waals surface area contributed by atoms with Gasteiger partial charge in [-0.2, -0.15) is 0 Å². The van der Waals surface area contributed by atoms with Gasteiger partial charge in [0.15, 0.2) is 0 Å². The van der Waals surface area contributed by atoms with Crippen molar-refractivity contribution < 1.29 is 19.1 Å². The number of esters is 1. The summed E-state index contributed by atoms with van der Waals surface area (Å²) in [6.07, 6.45) is 1.34. The molecule has 0 aliphatic carbocycles. The highest BCUT2D eigenvalue weighted by Gasteiger charge is 2.09. The number of methoxy groups -OCH3 is 2. The zero-order valence-corrected chi connectivity index (χ0v) is 11.6. The summed E-state index contributed by atoms with van der Waals surface area (Å²) in [4.78, 5) is 27.3. The Labute approximate surface area is 121 Å². The minimum Gasteiger partial charge on any atom is -0.497 e. The van der Waals surface area contributed by atoms with Gasteiger partial charge in [0.25, 0.3) is 5.91 Å². The third-order valence-corrected chi connectivity index (χ3v) is 2.76. The van der Waals surface area contributed by atoms with Crippen molar-refractivity contribution in [3.63, 3.8) is 0 Å². The maximum Gasteiger partial charge on any atom is 0.339 e. The van der Waals surface area contributed by atoms with Crippen LogP contribution in [0.1, 0.15) is 20.7 Å². The summed E-state index contributed by atoms with van der Waals surface area (Å²) in [6.45, 7) is 0. The third-order valence-electron chi connectivity index (χ3n) is 2.76. The molecule has 21 heavy (non-hydrogen) atoms. The van der Waals surface area contributed by atoms with Gasteiger partial charge in [0.1, 0.15) is 11.6 Å². The second-order valence-corrected chi connectivity index (χ2v) is 4.11. The molecule has 2 rings (SSSR count). The normalized spacial score (nSPS) is 9.81. The molecule has 0 aliphatic heterocycles. The zero-order valence-electron chi connectivity index (χ0n) is 11.6. The molecule has 108 valence electrons. The predicted molar refractivity (Wildman–Crippen MR) is 76.5 cm³/mol. The fourth-order valence-corrected chi connectivity index (χ4v) is 1.66. The standard InChI is InChI=1S/C15H14N2O4/c1-20-12-5-3-4-10(8-12)14(18)17-13-7-6-11(9-16-13)15(19)21-2/h3-9H,1-2H3,(H,16,17,18). The molecule has 0 bridgehead atoms. The summed E-state index contributed by atoms with van der Waals surface area (Å²) < 4.78 is 9.63. The molecule has 1 aromatic heterocycles. The van der Waals surface area contributed by atoms with Crippen molar-refractivity contribution in [3.8, 4) is 5.75 Å². The number of carbonyl (C=O) groups excluding carboxylic acids is 2. The van der Waals surface area contributed by atoms with Gasteiger partial charge in [0, 0.05) is 11.8 Å². The van der Waals surface area contributed by atoms with Crippen LogP contribution in [0, 0.1) is 0 Å². The molecule has 0 unspecified atom stereocenters. The van der Waals surface area contributed by atoms with Gasteiger partial charge in [-0.05, 0) is 30.3 Å². The van der Waals surface area contributed by atoms with Gasteiger partial charge in [0.2, 0.25) is 0 Å². The van der Waals surface area contributed by atoms with Crippen LogP contribution in [0.25, 0.3) is 0 Å². The van der Waals surface area contributed by atoms with E-state index in [1.165, 1.54) is 32.5 Å². The Kier molecular flexibility index (Phi) is 4.50. The lowest BCUT2D eigenvalue weighted by Gasteiger charge is -2.06. The maximum atomic E-state index is 12.1. The van der Waals surface area contributed by atoms with Crippen LogP contribution in [-0.4, -0.2) is 31.1 Å². The molecule has 0 saturated carbocycles. The molecule has 0 aliphatic rings. The van der Waals surface area contributed by atoms with Gasteiger partial charge in [-0.1, -0.05) is 6.07 Å². The molecule has 0 atom stereocenters. The highest BCUT2D eigenvalue weighted by atomic mass is 16.5. The molecule has 1 aromatic carbocycles. The fraction of sp³-hybridized carbons (Fsp3) is 0.133. The molecule has 1 heterocycles. The lowest BCUT2D eigenvalue weighted by Crippen LogP contribution is -2.13. The van der Waals surface area contributed by atoms with E-state index < -0.39 is 5.97 Å². The number of pyridine rings is 1. The third kappa shape index (κ3) is 3.56. The first-order chi connectivity index (χ1) is 10.1. The first-order valence-corrected chi connectivity index (χ1v) is 6.14. The van der Waals surface area contributed by atoms with Crippen molar-refractivity contribution in [2.45, 2.75) is 0 Å². The topological polar surface area (TPSA) is 77.5 Å². The zero-order chi connectivity index (χ0) is 15.2. The number of hydrogen-bond acceptors (Lipinski definition) is 5. The van der Waals surface area contributed by atoms with Crippen LogP contribution >= 0.6 is 0 Å². The summed E-state index contributed by atoms with van der Waals surface area (Å²) >= 11 is 0. The molecule has 0 radical (unpaired) electrons. The van der Waals surface area contributed by atoms with E-state index >= 15 is 0 Å². The van der Waals surface area contributed by atoms with E-state index in [1.807, 2.05) is 0 Å². The molecule has 0 fully saturated rings. The van der Waals surface area contributed by atoms with Crippen LogP contribution in [0.4, 0.5) is 5.82 Å². The van der Waals surface area contributed by atoms with E-state index in [2.05, 4.69) is 15.0 Å². The maximum absolute atomic E-state index is 12.1. The Bertz CT molecular complexity index is 653. The molecule has 6 heteroatoms. The van der Waals surface area contributed by atoms with Crippen molar-refractivity contribution in [2.75, 3.05) is 19.5 Å². The number of ether oxygens (including phenoxy) is 2. The minimum absolute atomic E-state index is 0.313. The summed E-state index contributed by atoms with van der Waals surface area (Å²) in [5.74, 6) is 0.146. The minimum atomic E-state index is -0.479. The van der Waals surface area contributed by atoms with E-state index in [4.69, 9.17) is 4.74 Å². The van der Waals surface area contributed by atoms with Crippen LogP contribution in [0.2, 0.25) is 0 Å². The Morgan fingerprint density at radius 1 is 1.10 bits per heavy atom. The van der Waals surface area contributed by atoms with Crippen molar-refractivity contribution >= 4 is 17.7 Å². The predicted octanol–water partition coefficient (Wildman–Crippen LogP) is 2.13. The Morgan fingerprint density at radius 3 is 2.52 bits per heavy atom. The highest BCUT2D eigenvalue weighted by molar-refractivity contribution is 6.04. The molecule has 0 saturated heterocycles. The van der Waals surface area contributed by atoms with Crippen molar-refractivity contribution in [2.24, 2.45) is 0 Å². The Morgan fingerprint density at radius 2 is 1.90 bits per heavy atom. The molecule has 6 nitrogen and oxygen atoms in total. The van der Waals surface area contributed by atoms with Gasteiger partial charge in [-0.25, -0.2) is 9.78 Å². The van der Waals surface area contributed by atoms with E-state index in [1.54, 1.807) is 24.3 Å². The largest absolute Gasteiger partial charge is 0.497 e. The fourth-order valence-electron chi connectivity index (χ4n) is 1.66. The van der Waals surface area contributed by atoms with Crippen molar-refractivity contribution in [1.82, 2.24) is 4.98 Å². The number of carbonyl (C=O) groups is 2. The van der Waals surface area contributed by atoms with Gasteiger partial charge in [-0.15, -0.1) is 0 Å². The number of aromatic nitrogens is 1. The number of nitrogens with zero attached hydrogens (tertiary/aromatic N) is 1. The first-order valence-electron chi connectivity index (χ1n) is 6.14. The van der Waals surface area contributed by atoms with E-state index in [9.17, 15) is 9.59 Å². The summed E-state index contributed by atoms with van der Waals surface area (Å²) in [5, 5.41) is 2.64. The SMILES string of the molecule is COC(=O)c1ccc(NC(=O)c2cccc(OC)c2)nc1. The number of rotatable bonds is 4. The number of benzene rings is 1. The van der Waals surface area contributed by atoms with Gasteiger partial charge in [-0.3, -0.25) is 4.79 Å². The number of nitrogens with one attached hydrogen (secondary N) is 1. The van der Waals surface area contributed by atoms with Crippen LogP contribution in [0.15, 0.2) is 42.6 Å². The average Bonchev–Trinajstić information content (AvgIpc) is 2.54. The average molecular weight is 286 g/mol. The second-order valence-electron chi connectivity index (χ2n) is 4.11. The first kappa shape index (κ1) is 14.5. The lowest BCUT2D eigenvalue weighted by atomic mass is 10.2. The second kappa shape index (κ2) is 6.51. The molecule has 1 N–H and O–H groups in total. The molecule has 2 aromatic rings. The molecular formula is C15H14N2O4. The van der Waals surface area contributed by atoms with Crippen LogP contribution in [-0.2, 0) is 4.74 Å². The van der Waals surface area contributed by atoms with E-state index in [-0.39, 0.29) is 5.91 Å². The molecular weight excluding hydrogens is 272 g/mol. The molecule has 0 spiro atoms. The van der Waals surface area contributed by atoms with Crippen molar-refractivity contribution in [1.29, 1.82) is 0 Å². The Balaban J connectivity index is 2.10. The number of anilines is 1. The lowest BCUT2D eigenvalue weighted by molar-refractivity contribution is 0.0600. The van der Waals surface area contributed by atoms with E-state index in [0.29, 0.717) is 22.7 Å². The number of amides is 1. The van der Waals surface area contributed by atoms with Gasteiger partial charge < -0.3 is 14.8 Å². The summed E-state index contributed by atoms with van der Waals surface area (Å²) in [6, 6.07) is 9.82. The summed E-state index contributed by atoms with van der Waals surface area (Å²) in [7, 11) is 2.82. The monoisotopic (exact) mass is 286 g/mol. The molecule has 1 amide bonds. The highest BCUT2D eigenvalue weighted by Crippen LogP contribution is 2.14. The van der Waals surface area contributed by atoms with Crippen LogP contribution in [0.5, 0.6) is 5.75 Å². The van der Waals surface area contributed by atoms with Gasteiger partial charge >= 0.3 is 5.97 Å². The van der Waals surface area contributed by atoms with Gasteiger partial charge in [0.05, 0.1) is 19.8 Å². The van der Waals surface area contributed by atoms with Crippen molar-refractivity contribution in [3.05, 3.63) is 53.7 Å². The quantitative estimate of drug-likeness (QED) is 0.871. The summed E-state index contributed by atoms with van der Waals surface area (Å²) in [5.41, 5.74) is 0.769.